The van der Waals surface area contributed by atoms with Crippen molar-refractivity contribution in [1.82, 2.24) is 10.3 Å². The van der Waals surface area contributed by atoms with E-state index in [2.05, 4.69) is 16.4 Å². The molecule has 0 saturated heterocycles. The minimum Gasteiger partial charge on any atom is -0.493 e. The summed E-state index contributed by atoms with van der Waals surface area (Å²) in [6, 6.07) is 20.6. The number of benzene rings is 2. The molecule has 3 N–H and O–H groups in total. The van der Waals surface area contributed by atoms with Crippen molar-refractivity contribution < 1.29 is 19.6 Å². The fourth-order valence-electron chi connectivity index (χ4n) is 3.63. The van der Waals surface area contributed by atoms with Crippen LogP contribution in [0.1, 0.15) is 34.4 Å². The van der Waals surface area contributed by atoms with E-state index in [-0.39, 0.29) is 18.9 Å². The quantitative estimate of drug-likeness (QED) is 0.310. The molecule has 35 heavy (non-hydrogen) atoms. The lowest BCUT2D eigenvalue weighted by molar-refractivity contribution is -0.122. The van der Waals surface area contributed by atoms with Crippen molar-refractivity contribution in [3.8, 4) is 11.8 Å². The maximum absolute atomic E-state index is 12.4. The Balaban J connectivity index is 1.56. The first-order valence-electron chi connectivity index (χ1n) is 11.3. The summed E-state index contributed by atoms with van der Waals surface area (Å²) in [5.41, 5.74) is 4.88. The average Bonchev–Trinajstić information content (AvgIpc) is 2.84. The third-order valence-electron chi connectivity index (χ3n) is 5.47. The number of allylic oxidation sites excluding steroid dienone is 1. The molecule has 1 atom stereocenters. The van der Waals surface area contributed by atoms with Gasteiger partial charge < -0.3 is 20.1 Å². The number of rotatable bonds is 10. The van der Waals surface area contributed by atoms with E-state index < -0.39 is 13.1 Å². The van der Waals surface area contributed by atoms with Crippen LogP contribution in [0.5, 0.6) is 5.75 Å². The van der Waals surface area contributed by atoms with Crippen LogP contribution in [0.3, 0.4) is 0 Å². The van der Waals surface area contributed by atoms with Gasteiger partial charge in [0.1, 0.15) is 11.8 Å². The van der Waals surface area contributed by atoms with E-state index in [4.69, 9.17) is 4.74 Å². The lowest BCUT2D eigenvalue weighted by atomic mass is 9.75. The fourth-order valence-corrected chi connectivity index (χ4v) is 3.63. The molecule has 0 bridgehead atoms. The number of hydrogen-bond donors (Lipinski definition) is 3. The number of aromatic nitrogens is 1. The molecule has 8 heteroatoms. The number of ether oxygens (including phenoxy) is 1. The number of carbonyl (C=O) groups is 1. The van der Waals surface area contributed by atoms with Crippen molar-refractivity contribution in [2.75, 3.05) is 6.61 Å². The number of nitrogens with zero attached hydrogens (tertiary/aromatic N) is 2. The minimum atomic E-state index is -1.68. The van der Waals surface area contributed by atoms with Gasteiger partial charge in [0.25, 0.3) is 0 Å². The number of nitrogens with one attached hydrogen (secondary N) is 1. The lowest BCUT2D eigenvalue weighted by Crippen LogP contribution is -2.48. The van der Waals surface area contributed by atoms with E-state index in [1.807, 2.05) is 44.2 Å². The standard InChI is InChI=1S/C27H28BN3O4/c1-19-9-10-22(20(2)14-19)17-26(28(33)34)31-27(32)11-13-35-24-7-5-6-21(16-24)15-23(18-29)25-8-3-4-12-30-25/h3-10,12,14-16,26,33-34H,11,13,17H2,1-2H3,(H,31,32). The van der Waals surface area contributed by atoms with Crippen LogP contribution in [0.4, 0.5) is 0 Å². The second kappa shape index (κ2) is 12.5. The zero-order valence-electron chi connectivity index (χ0n) is 19.8. The smallest absolute Gasteiger partial charge is 0.475 e. The first-order valence-corrected chi connectivity index (χ1v) is 11.3. The molecule has 0 fully saturated rings. The molecule has 1 amide bonds. The summed E-state index contributed by atoms with van der Waals surface area (Å²) in [6.07, 6.45) is 3.71. The van der Waals surface area contributed by atoms with Crippen molar-refractivity contribution >= 4 is 24.7 Å². The largest absolute Gasteiger partial charge is 0.493 e. The van der Waals surface area contributed by atoms with Crippen LogP contribution >= 0.6 is 0 Å². The number of pyridine rings is 1. The van der Waals surface area contributed by atoms with Gasteiger partial charge in [0.15, 0.2) is 0 Å². The van der Waals surface area contributed by atoms with Gasteiger partial charge in [-0.05, 0) is 67.3 Å². The highest BCUT2D eigenvalue weighted by atomic mass is 16.5. The Morgan fingerprint density at radius 2 is 2.00 bits per heavy atom. The topological polar surface area (TPSA) is 115 Å². The summed E-state index contributed by atoms with van der Waals surface area (Å²) in [7, 11) is -1.68. The van der Waals surface area contributed by atoms with Crippen LogP contribution < -0.4 is 10.1 Å². The molecule has 0 aliphatic heterocycles. The predicted octanol–water partition coefficient (Wildman–Crippen LogP) is 3.27. The Kier molecular flexibility index (Phi) is 9.19. The van der Waals surface area contributed by atoms with Crippen LogP contribution in [-0.2, 0) is 11.2 Å². The summed E-state index contributed by atoms with van der Waals surface area (Å²) in [6.45, 7) is 4.06. The maximum atomic E-state index is 12.4. The molecule has 2 aromatic carbocycles. The zero-order chi connectivity index (χ0) is 25.2. The summed E-state index contributed by atoms with van der Waals surface area (Å²) < 4.78 is 5.72. The minimum absolute atomic E-state index is 0.0492. The van der Waals surface area contributed by atoms with E-state index in [0.717, 1.165) is 22.3 Å². The fraction of sp³-hybridized carbons (Fsp3) is 0.222. The molecule has 0 radical (unpaired) electrons. The van der Waals surface area contributed by atoms with Gasteiger partial charge in [-0.25, -0.2) is 0 Å². The number of hydrogen-bond acceptors (Lipinski definition) is 6. The van der Waals surface area contributed by atoms with Gasteiger partial charge in [0.2, 0.25) is 5.91 Å². The van der Waals surface area contributed by atoms with Crippen LogP contribution in [0.25, 0.3) is 11.6 Å². The Hall–Kier alpha value is -3.93. The summed E-state index contributed by atoms with van der Waals surface area (Å²) in [5.74, 6) is -0.613. The van der Waals surface area contributed by atoms with Crippen molar-refractivity contribution in [3.63, 3.8) is 0 Å². The van der Waals surface area contributed by atoms with Gasteiger partial charge in [-0.1, -0.05) is 42.0 Å². The van der Waals surface area contributed by atoms with Crippen LogP contribution in [0.2, 0.25) is 0 Å². The monoisotopic (exact) mass is 469 g/mol. The van der Waals surface area contributed by atoms with E-state index in [0.29, 0.717) is 23.4 Å². The molecule has 178 valence electrons. The van der Waals surface area contributed by atoms with Gasteiger partial charge in [-0.15, -0.1) is 0 Å². The van der Waals surface area contributed by atoms with Crippen molar-refractivity contribution in [2.24, 2.45) is 0 Å². The second-order valence-corrected chi connectivity index (χ2v) is 8.28. The highest BCUT2D eigenvalue weighted by molar-refractivity contribution is 6.43. The molecule has 0 saturated carbocycles. The number of nitriles is 1. The molecule has 3 aromatic rings. The lowest BCUT2D eigenvalue weighted by Gasteiger charge is -2.19. The molecule has 0 spiro atoms. The summed E-state index contributed by atoms with van der Waals surface area (Å²) >= 11 is 0. The van der Waals surface area contributed by atoms with Crippen molar-refractivity contribution in [1.29, 1.82) is 5.26 Å². The maximum Gasteiger partial charge on any atom is 0.475 e. The molecular weight excluding hydrogens is 441 g/mol. The molecule has 1 heterocycles. The van der Waals surface area contributed by atoms with Gasteiger partial charge >= 0.3 is 7.12 Å². The van der Waals surface area contributed by atoms with Crippen LogP contribution in [0.15, 0.2) is 66.9 Å². The first kappa shape index (κ1) is 25.7. The Morgan fingerprint density at radius 3 is 2.69 bits per heavy atom. The van der Waals surface area contributed by atoms with Gasteiger partial charge in [-0.3, -0.25) is 9.78 Å². The zero-order valence-corrected chi connectivity index (χ0v) is 19.8. The Labute approximate surface area is 205 Å². The molecule has 1 aromatic heterocycles. The molecule has 7 nitrogen and oxygen atoms in total. The van der Waals surface area contributed by atoms with Crippen LogP contribution in [0, 0.1) is 25.2 Å². The predicted molar refractivity (Wildman–Crippen MR) is 136 cm³/mol. The number of carbonyl (C=O) groups excluding carboxylic acids is 1. The molecule has 3 rings (SSSR count). The molecule has 0 aliphatic carbocycles. The Bertz CT molecular complexity index is 1220. The third kappa shape index (κ3) is 7.82. The number of amides is 1. The highest BCUT2D eigenvalue weighted by Crippen LogP contribution is 2.20. The second-order valence-electron chi connectivity index (χ2n) is 8.28. The SMILES string of the molecule is Cc1ccc(CC(NC(=O)CCOc2cccc(C=C(C#N)c3ccccn3)c2)B(O)O)c(C)c1. The van der Waals surface area contributed by atoms with Gasteiger partial charge in [-0.2, -0.15) is 5.26 Å². The van der Waals surface area contributed by atoms with Crippen LogP contribution in [-0.4, -0.2) is 40.6 Å². The molecule has 1 unspecified atom stereocenters. The van der Waals surface area contributed by atoms with Gasteiger partial charge in [0, 0.05) is 6.20 Å². The highest BCUT2D eigenvalue weighted by Gasteiger charge is 2.26. The summed E-state index contributed by atoms with van der Waals surface area (Å²) in [5, 5.41) is 31.7. The Morgan fingerprint density at radius 1 is 1.17 bits per heavy atom. The van der Waals surface area contributed by atoms with Crippen molar-refractivity contribution in [2.45, 2.75) is 32.6 Å². The van der Waals surface area contributed by atoms with E-state index >= 15 is 0 Å². The average molecular weight is 469 g/mol. The van der Waals surface area contributed by atoms with E-state index in [1.54, 1.807) is 42.6 Å². The molecular formula is C27H28BN3O4. The van der Waals surface area contributed by atoms with Gasteiger partial charge in [0.05, 0.1) is 30.2 Å². The van der Waals surface area contributed by atoms with E-state index in [1.165, 1.54) is 0 Å². The van der Waals surface area contributed by atoms with Crippen molar-refractivity contribution in [3.05, 3.63) is 94.8 Å². The first-order chi connectivity index (χ1) is 16.9. The normalized spacial score (nSPS) is 11.9. The van der Waals surface area contributed by atoms with E-state index in [9.17, 15) is 20.1 Å². The summed E-state index contributed by atoms with van der Waals surface area (Å²) in [4.78, 5) is 16.6. The third-order valence-corrected chi connectivity index (χ3v) is 5.47. The number of aryl methyl sites for hydroxylation is 2. The molecule has 0 aliphatic rings.